The number of rotatable bonds is 8. The molecule has 0 spiro atoms. The quantitative estimate of drug-likeness (QED) is 0.128. The van der Waals surface area contributed by atoms with Gasteiger partial charge in [0, 0.05) is 36.3 Å². The van der Waals surface area contributed by atoms with E-state index in [0.717, 1.165) is 11.1 Å². The molecule has 0 heterocycles. The number of hydrogen-bond donors (Lipinski definition) is 0. The Labute approximate surface area is 293 Å². The summed E-state index contributed by atoms with van der Waals surface area (Å²) in [6.07, 6.45) is 9.37. The first-order chi connectivity index (χ1) is 20.3. The molecule has 1 nitrogen and oxygen atoms in total. The van der Waals surface area contributed by atoms with Crippen LogP contribution in [0, 0.1) is 0 Å². The van der Waals surface area contributed by atoms with Gasteiger partial charge in [-0.2, -0.15) is 0 Å². The first-order valence-corrected chi connectivity index (χ1v) is 19.5. The Morgan fingerprint density at radius 2 is 0.756 bits per heavy atom. The van der Waals surface area contributed by atoms with E-state index in [1.165, 1.54) is 12.3 Å². The second kappa shape index (κ2) is 18.0. The van der Waals surface area contributed by atoms with Crippen LogP contribution < -0.4 is 0 Å². The summed E-state index contributed by atoms with van der Waals surface area (Å²) >= 11 is 0. The van der Waals surface area contributed by atoms with Crippen LogP contribution in [0.25, 0.3) is 12.2 Å². The van der Waals surface area contributed by atoms with Crippen molar-refractivity contribution in [2.45, 2.75) is 116 Å². The Morgan fingerprint density at radius 3 is 1.02 bits per heavy atom. The molecule has 0 saturated heterocycles. The van der Waals surface area contributed by atoms with Crippen molar-refractivity contribution >= 4 is 33.8 Å². The first-order valence-electron chi connectivity index (χ1n) is 16.1. The number of allylic oxidation sites excluding steroid dienone is 2. The molecule has 3 aromatic rings. The van der Waals surface area contributed by atoms with Crippen LogP contribution in [0.5, 0.6) is 0 Å². The van der Waals surface area contributed by atoms with Crippen molar-refractivity contribution in [3.63, 3.8) is 0 Å². The standard InChI is InChI=1S/C24H44P2.C17H14O.Pd/c1-21(2,3)25(22(4,5)6)17-19-15-13-14-16-20(19)18-26(23(7,8)9)24(10,11)12;18-17(13-11-15-7-3-1-4-8-15)14-12-16-9-5-2-6-10-16;/h13-16H,17-18H2,1-12H3;1-14H;/p+2. The van der Waals surface area contributed by atoms with E-state index in [1.807, 2.05) is 72.8 Å². The van der Waals surface area contributed by atoms with Crippen LogP contribution in [0.4, 0.5) is 0 Å². The molecule has 0 amide bonds. The van der Waals surface area contributed by atoms with Crippen molar-refractivity contribution in [2.24, 2.45) is 0 Å². The average Bonchev–Trinajstić information content (AvgIpc) is 2.92. The van der Waals surface area contributed by atoms with Gasteiger partial charge in [0.15, 0.2) is 5.78 Å². The third kappa shape index (κ3) is 15.2. The van der Waals surface area contributed by atoms with Crippen LogP contribution >= 0.6 is 15.8 Å². The van der Waals surface area contributed by atoms with E-state index in [4.69, 9.17) is 0 Å². The average molecular weight is 737 g/mol. The number of ketones is 1. The maximum Gasteiger partial charge on any atom is 0.178 e. The minimum Gasteiger partial charge on any atom is -0.290 e. The summed E-state index contributed by atoms with van der Waals surface area (Å²) in [5.74, 6) is -0.0114. The summed E-state index contributed by atoms with van der Waals surface area (Å²) in [6.45, 7) is 29.4. The molecule has 248 valence electrons. The smallest absolute Gasteiger partial charge is 0.178 e. The minimum absolute atomic E-state index is 0. The molecule has 0 aliphatic heterocycles. The van der Waals surface area contributed by atoms with Gasteiger partial charge in [0.05, 0.1) is 32.9 Å². The van der Waals surface area contributed by atoms with E-state index < -0.39 is 15.8 Å². The van der Waals surface area contributed by atoms with Gasteiger partial charge in [-0.25, -0.2) is 0 Å². The Balaban J connectivity index is 0.000000466. The third-order valence-electron chi connectivity index (χ3n) is 7.95. The largest absolute Gasteiger partial charge is 0.290 e. The number of hydrogen-bond acceptors (Lipinski definition) is 1. The zero-order chi connectivity index (χ0) is 33.2. The minimum atomic E-state index is -0.544. The Hall–Kier alpha value is -1.67. The fraction of sp³-hybridized carbons (Fsp3) is 0.439. The zero-order valence-electron chi connectivity index (χ0n) is 30.0. The second-order valence-electron chi connectivity index (χ2n) is 16.0. The molecular formula is C41H60OP2Pd+2. The number of carbonyl (C=O) groups is 1. The predicted molar refractivity (Wildman–Crippen MR) is 205 cm³/mol. The monoisotopic (exact) mass is 736 g/mol. The molecule has 0 unspecified atom stereocenters. The van der Waals surface area contributed by atoms with E-state index in [2.05, 4.69) is 107 Å². The van der Waals surface area contributed by atoms with Gasteiger partial charge < -0.3 is 0 Å². The van der Waals surface area contributed by atoms with Gasteiger partial charge in [-0.1, -0.05) is 97.1 Å². The SMILES string of the molecule is CC(C)(C)[PH+](Cc1ccccc1C[PH+](C(C)(C)C)C(C)(C)C)C(C)(C)C.O=C(C=Cc1ccccc1)C=Cc1ccccc1.[Pd]. The molecule has 3 aromatic carbocycles. The van der Waals surface area contributed by atoms with Crippen LogP contribution in [0.2, 0.25) is 0 Å². The molecular weight excluding hydrogens is 677 g/mol. The van der Waals surface area contributed by atoms with Crippen molar-refractivity contribution in [1.29, 1.82) is 0 Å². The molecule has 3 rings (SSSR count). The van der Waals surface area contributed by atoms with Crippen molar-refractivity contribution in [3.8, 4) is 0 Å². The fourth-order valence-electron chi connectivity index (χ4n) is 6.13. The zero-order valence-corrected chi connectivity index (χ0v) is 33.6. The number of carbonyl (C=O) groups excluding carboxylic acids is 1. The van der Waals surface area contributed by atoms with Crippen LogP contribution in [-0.4, -0.2) is 26.4 Å². The van der Waals surface area contributed by atoms with E-state index in [0.29, 0.717) is 20.6 Å². The van der Waals surface area contributed by atoms with Gasteiger partial charge in [-0.15, -0.1) is 0 Å². The summed E-state index contributed by atoms with van der Waals surface area (Å²) in [4.78, 5) is 11.6. The molecule has 0 aliphatic carbocycles. The van der Waals surface area contributed by atoms with E-state index in [-0.39, 0.29) is 26.2 Å². The van der Waals surface area contributed by atoms with Crippen LogP contribution in [0.15, 0.2) is 97.1 Å². The summed E-state index contributed by atoms with van der Waals surface area (Å²) in [6, 6.07) is 28.9. The molecule has 0 bridgehead atoms. The topological polar surface area (TPSA) is 17.1 Å². The summed E-state index contributed by atoms with van der Waals surface area (Å²) < 4.78 is 0. The molecule has 0 radical (unpaired) electrons. The van der Waals surface area contributed by atoms with E-state index in [9.17, 15) is 4.79 Å². The summed E-state index contributed by atoms with van der Waals surface area (Å²) in [5, 5.41) is 1.66. The first kappa shape index (κ1) is 41.4. The summed E-state index contributed by atoms with van der Waals surface area (Å²) in [5.41, 5.74) is 5.31. The Bertz CT molecular complexity index is 1220. The molecule has 0 aliphatic rings. The van der Waals surface area contributed by atoms with Gasteiger partial charge in [-0.3, -0.25) is 4.79 Å². The van der Waals surface area contributed by atoms with Crippen molar-refractivity contribution < 1.29 is 25.2 Å². The molecule has 0 fully saturated rings. The number of benzene rings is 3. The maximum absolute atomic E-state index is 11.6. The van der Waals surface area contributed by atoms with Crippen molar-refractivity contribution in [1.82, 2.24) is 0 Å². The molecule has 4 heteroatoms. The van der Waals surface area contributed by atoms with Gasteiger partial charge >= 0.3 is 0 Å². The molecule has 0 N–H and O–H groups in total. The van der Waals surface area contributed by atoms with Crippen LogP contribution in [0.3, 0.4) is 0 Å². The predicted octanol–water partition coefficient (Wildman–Crippen LogP) is 12.3. The van der Waals surface area contributed by atoms with Gasteiger partial charge in [0.2, 0.25) is 0 Å². The summed E-state index contributed by atoms with van der Waals surface area (Å²) in [7, 11) is -1.09. The van der Waals surface area contributed by atoms with Crippen molar-refractivity contribution in [3.05, 3.63) is 119 Å². The Morgan fingerprint density at radius 1 is 0.489 bits per heavy atom. The van der Waals surface area contributed by atoms with Gasteiger partial charge in [0.1, 0.15) is 0 Å². The fourth-order valence-corrected chi connectivity index (χ4v) is 14.2. The molecule has 0 aromatic heterocycles. The van der Waals surface area contributed by atoms with Crippen LogP contribution in [0.1, 0.15) is 105 Å². The Kier molecular flexibility index (Phi) is 16.6. The third-order valence-corrected chi connectivity index (χ3v) is 16.7. The molecule has 0 atom stereocenters. The molecule has 45 heavy (non-hydrogen) atoms. The second-order valence-corrected chi connectivity index (χ2v) is 24.6. The van der Waals surface area contributed by atoms with Gasteiger partial charge in [-0.05, 0) is 117 Å². The maximum atomic E-state index is 11.6. The van der Waals surface area contributed by atoms with E-state index in [1.54, 1.807) is 23.3 Å². The van der Waals surface area contributed by atoms with Crippen LogP contribution in [-0.2, 0) is 37.5 Å². The normalized spacial score (nSPS) is 12.8. The molecule has 0 saturated carbocycles. The van der Waals surface area contributed by atoms with E-state index >= 15 is 0 Å². The van der Waals surface area contributed by atoms with Gasteiger partial charge in [0.25, 0.3) is 0 Å². The van der Waals surface area contributed by atoms with Crippen molar-refractivity contribution in [2.75, 3.05) is 0 Å².